The van der Waals surface area contributed by atoms with Gasteiger partial charge in [-0.25, -0.2) is 4.79 Å². The molecule has 3 heteroatoms. The summed E-state index contributed by atoms with van der Waals surface area (Å²) >= 11 is 0. The van der Waals surface area contributed by atoms with Gasteiger partial charge in [-0.05, 0) is 19.1 Å². The van der Waals surface area contributed by atoms with E-state index in [1.54, 1.807) is 0 Å². The fourth-order valence-corrected chi connectivity index (χ4v) is 0.715. The van der Waals surface area contributed by atoms with E-state index in [1.807, 2.05) is 0 Å². The van der Waals surface area contributed by atoms with Gasteiger partial charge in [0, 0.05) is 0 Å². The maximum absolute atomic E-state index is 10.7. The van der Waals surface area contributed by atoms with E-state index in [4.69, 9.17) is 5.11 Å². The van der Waals surface area contributed by atoms with E-state index in [2.05, 4.69) is 12.1 Å². The number of carbonyl (C=O) groups is 2. The van der Waals surface area contributed by atoms with Crippen molar-refractivity contribution in [1.82, 2.24) is 0 Å². The van der Waals surface area contributed by atoms with Gasteiger partial charge in [-0.2, -0.15) is 0 Å². The van der Waals surface area contributed by atoms with E-state index >= 15 is 0 Å². The molecule has 0 spiro atoms. The van der Waals surface area contributed by atoms with Crippen molar-refractivity contribution in [3.05, 3.63) is 35.4 Å². The predicted octanol–water partition coefficient (Wildman–Crippen LogP) is 1.19. The Morgan fingerprint density at radius 3 is 2.08 bits per heavy atom. The Hall–Kier alpha value is -1.82. The molecule has 1 rings (SSSR count). The SMILES string of the molecule is CC(=O)c1c#cc(C(=O)O)cc1. The standard InChI is InChI=1S/C9H6O3/c1-6(10)7-2-4-8(5-3-7)9(11)12/h2,4H,1H3,(H,11,12). The highest BCUT2D eigenvalue weighted by Crippen LogP contribution is 1.98. The van der Waals surface area contributed by atoms with Crippen LogP contribution in [0.15, 0.2) is 12.1 Å². The zero-order valence-electron chi connectivity index (χ0n) is 6.42. The van der Waals surface area contributed by atoms with Crippen molar-refractivity contribution in [1.29, 1.82) is 0 Å². The van der Waals surface area contributed by atoms with Crippen molar-refractivity contribution in [3.8, 4) is 0 Å². The number of carbonyl (C=O) groups excluding carboxylic acids is 1. The van der Waals surface area contributed by atoms with Gasteiger partial charge in [0.15, 0.2) is 5.78 Å². The van der Waals surface area contributed by atoms with Crippen LogP contribution in [0.25, 0.3) is 0 Å². The highest BCUT2D eigenvalue weighted by Gasteiger charge is 2.02. The van der Waals surface area contributed by atoms with Crippen molar-refractivity contribution in [3.63, 3.8) is 0 Å². The number of Topliss-reactive ketones (excluding diaryl/α,β-unsaturated/α-hetero) is 1. The fraction of sp³-hybridized carbons (Fsp3) is 0.111. The molecular weight excluding hydrogens is 156 g/mol. The molecule has 3 nitrogen and oxygen atoms in total. The number of carboxylic acids is 1. The van der Waals surface area contributed by atoms with Crippen LogP contribution in [0.1, 0.15) is 27.6 Å². The van der Waals surface area contributed by atoms with Gasteiger partial charge >= 0.3 is 5.97 Å². The number of aromatic carboxylic acids is 1. The zero-order valence-corrected chi connectivity index (χ0v) is 6.42. The van der Waals surface area contributed by atoms with Crippen LogP contribution in [0.5, 0.6) is 0 Å². The summed E-state index contributed by atoms with van der Waals surface area (Å²) in [6, 6.07) is 7.58. The van der Waals surface area contributed by atoms with Crippen LogP contribution in [0.3, 0.4) is 0 Å². The second-order valence-corrected chi connectivity index (χ2v) is 2.27. The van der Waals surface area contributed by atoms with E-state index in [-0.39, 0.29) is 11.3 Å². The molecule has 12 heavy (non-hydrogen) atoms. The molecule has 0 aromatic heterocycles. The van der Waals surface area contributed by atoms with Gasteiger partial charge in [0.25, 0.3) is 0 Å². The van der Waals surface area contributed by atoms with Crippen molar-refractivity contribution >= 4 is 11.8 Å². The Morgan fingerprint density at radius 2 is 1.75 bits per heavy atom. The molecule has 0 saturated carbocycles. The zero-order chi connectivity index (χ0) is 9.14. The molecule has 1 aromatic rings. The monoisotopic (exact) mass is 162 g/mol. The average Bonchev–Trinajstić information content (AvgIpc) is 2.04. The van der Waals surface area contributed by atoms with E-state index in [1.165, 1.54) is 19.1 Å². The minimum Gasteiger partial charge on any atom is -0.477 e. The summed E-state index contributed by atoms with van der Waals surface area (Å²) in [5.74, 6) is -1.22. The van der Waals surface area contributed by atoms with E-state index in [9.17, 15) is 9.59 Å². The van der Waals surface area contributed by atoms with Gasteiger partial charge in [-0.3, -0.25) is 4.79 Å². The van der Waals surface area contributed by atoms with Crippen LogP contribution in [-0.2, 0) is 0 Å². The summed E-state index contributed by atoms with van der Waals surface area (Å²) in [4.78, 5) is 21.1. The number of hydrogen-bond donors (Lipinski definition) is 1. The highest BCUT2D eigenvalue weighted by atomic mass is 16.4. The molecule has 0 aliphatic carbocycles. The minimum absolute atomic E-state index is 0.0139. The third-order valence-corrected chi connectivity index (χ3v) is 1.36. The molecule has 0 unspecified atom stereocenters. The van der Waals surface area contributed by atoms with Crippen molar-refractivity contribution in [2.24, 2.45) is 0 Å². The molecule has 0 heterocycles. The molecule has 0 aliphatic rings. The van der Waals surface area contributed by atoms with Crippen LogP contribution >= 0.6 is 0 Å². The molecule has 0 bridgehead atoms. The highest BCUT2D eigenvalue weighted by molar-refractivity contribution is 5.94. The molecule has 0 amide bonds. The largest absolute Gasteiger partial charge is 0.477 e. The first-order chi connectivity index (χ1) is 5.61. The van der Waals surface area contributed by atoms with Crippen LogP contribution in [0, 0.1) is 12.1 Å². The molecule has 0 radical (unpaired) electrons. The Morgan fingerprint density at radius 1 is 1.25 bits per heavy atom. The smallest absolute Gasteiger partial charge is 0.344 e. The lowest BCUT2D eigenvalue weighted by molar-refractivity contribution is 0.0696. The lowest BCUT2D eigenvalue weighted by Gasteiger charge is -1.89. The van der Waals surface area contributed by atoms with E-state index in [0.29, 0.717) is 5.56 Å². The molecular formula is C9H6O3. The molecule has 1 aromatic carbocycles. The number of rotatable bonds is 2. The third-order valence-electron chi connectivity index (χ3n) is 1.36. The predicted molar refractivity (Wildman–Crippen MR) is 41.1 cm³/mol. The van der Waals surface area contributed by atoms with Crippen LogP contribution < -0.4 is 0 Å². The van der Waals surface area contributed by atoms with Crippen LogP contribution in [0.2, 0.25) is 0 Å². The molecule has 0 fully saturated rings. The van der Waals surface area contributed by atoms with E-state index < -0.39 is 5.97 Å². The third kappa shape index (κ3) is 1.61. The average molecular weight is 162 g/mol. The van der Waals surface area contributed by atoms with Gasteiger partial charge in [0.1, 0.15) is 5.56 Å². The van der Waals surface area contributed by atoms with Gasteiger partial charge in [0.05, 0.1) is 5.56 Å². The van der Waals surface area contributed by atoms with Gasteiger partial charge in [-0.1, -0.05) is 12.1 Å². The van der Waals surface area contributed by atoms with Crippen LogP contribution in [0.4, 0.5) is 0 Å². The number of hydrogen-bond acceptors (Lipinski definition) is 2. The Labute approximate surface area is 69.6 Å². The first-order valence-electron chi connectivity index (χ1n) is 3.29. The maximum atomic E-state index is 10.7. The Balaban J connectivity index is 3.01. The Kier molecular flexibility index (Phi) is 2.11. The second-order valence-electron chi connectivity index (χ2n) is 2.27. The summed E-state index contributed by atoms with van der Waals surface area (Å²) in [5, 5.41) is 8.48. The minimum atomic E-state index is -1.07. The van der Waals surface area contributed by atoms with Crippen LogP contribution in [-0.4, -0.2) is 16.9 Å². The first kappa shape index (κ1) is 8.28. The summed E-state index contributed by atoms with van der Waals surface area (Å²) < 4.78 is 0. The van der Waals surface area contributed by atoms with Crippen molar-refractivity contribution in [2.75, 3.05) is 0 Å². The Bertz CT molecular complexity index is 278. The molecule has 60 valence electrons. The van der Waals surface area contributed by atoms with Gasteiger partial charge in [-0.15, -0.1) is 0 Å². The normalized spacial score (nSPS) is 8.75. The first-order valence-corrected chi connectivity index (χ1v) is 3.29. The second kappa shape index (κ2) is 3.05. The lowest BCUT2D eigenvalue weighted by Crippen LogP contribution is -1.96. The molecule has 1 N–H and O–H groups in total. The maximum Gasteiger partial charge on any atom is 0.344 e. The van der Waals surface area contributed by atoms with Crippen molar-refractivity contribution < 1.29 is 14.7 Å². The van der Waals surface area contributed by atoms with Gasteiger partial charge < -0.3 is 5.11 Å². The summed E-state index contributed by atoms with van der Waals surface area (Å²) in [5.41, 5.74) is 0.361. The summed E-state index contributed by atoms with van der Waals surface area (Å²) in [7, 11) is 0. The summed E-state index contributed by atoms with van der Waals surface area (Å²) in [6.07, 6.45) is 0. The molecule has 0 aliphatic heterocycles. The van der Waals surface area contributed by atoms with Crippen molar-refractivity contribution in [2.45, 2.75) is 6.92 Å². The topological polar surface area (TPSA) is 54.4 Å². The number of carboxylic acid groups (broad SMARTS) is 1. The molecule has 0 saturated heterocycles. The summed E-state index contributed by atoms with van der Waals surface area (Å²) in [6.45, 7) is 1.39. The quantitative estimate of drug-likeness (QED) is 0.664. The van der Waals surface area contributed by atoms with E-state index in [0.717, 1.165) is 0 Å². The van der Waals surface area contributed by atoms with Gasteiger partial charge in [0.2, 0.25) is 0 Å². The fourth-order valence-electron chi connectivity index (χ4n) is 0.715. The lowest BCUT2D eigenvalue weighted by atomic mass is 10.1. The number of ketones is 1. The molecule has 0 atom stereocenters.